The van der Waals surface area contributed by atoms with Crippen molar-refractivity contribution in [3.63, 3.8) is 0 Å². The van der Waals surface area contributed by atoms with Crippen LogP contribution in [0.3, 0.4) is 0 Å². The van der Waals surface area contributed by atoms with Crippen molar-refractivity contribution < 1.29 is 14.4 Å². The molecule has 0 aliphatic rings. The highest BCUT2D eigenvalue weighted by atomic mass is 31.2. The van der Waals surface area contributed by atoms with Gasteiger partial charge in [0.05, 0.1) is 18.1 Å². The Bertz CT molecular complexity index is 575. The van der Waals surface area contributed by atoms with Crippen LogP contribution in [-0.4, -0.2) is 24.4 Å². The lowest BCUT2D eigenvalue weighted by Crippen LogP contribution is -2.04. The van der Waals surface area contributed by atoms with E-state index in [2.05, 4.69) is 10.1 Å². The van der Waals surface area contributed by atoms with Crippen LogP contribution in [0.4, 0.5) is 0 Å². The molecule has 7 heteroatoms. The molecular weight excluding hydrogens is 241 g/mol. The summed E-state index contributed by atoms with van der Waals surface area (Å²) in [6, 6.07) is 3.44. The Kier molecular flexibility index (Phi) is 3.28. The Morgan fingerprint density at radius 2 is 2.24 bits per heavy atom. The minimum absolute atomic E-state index is 0.315. The van der Waals surface area contributed by atoms with Crippen molar-refractivity contribution in [3.05, 3.63) is 29.7 Å². The van der Waals surface area contributed by atoms with Crippen LogP contribution in [0.15, 0.2) is 18.3 Å². The first-order chi connectivity index (χ1) is 7.99. The third-order valence-electron chi connectivity index (χ3n) is 2.36. The zero-order chi connectivity index (χ0) is 12.5. The summed E-state index contributed by atoms with van der Waals surface area (Å²) < 4.78 is 12.5. The molecule has 2 rings (SSSR count). The zero-order valence-corrected chi connectivity index (χ0v) is 10.3. The molecule has 0 unspecified atom stereocenters. The second-order valence-corrected chi connectivity index (χ2v) is 5.56. The first-order valence-electron chi connectivity index (χ1n) is 5.37. The summed E-state index contributed by atoms with van der Waals surface area (Å²) in [5.74, 6) is 0. The molecular formula is C10H14N3O3P. The van der Waals surface area contributed by atoms with Crippen molar-refractivity contribution in [3.8, 4) is 0 Å². The molecule has 2 aromatic rings. The number of hydrogen-bond acceptors (Lipinski definition) is 3. The molecule has 17 heavy (non-hydrogen) atoms. The molecule has 6 nitrogen and oxygen atoms in total. The third kappa shape index (κ3) is 2.91. The molecule has 2 heterocycles. The van der Waals surface area contributed by atoms with Gasteiger partial charge in [-0.2, -0.15) is 5.10 Å². The predicted octanol–water partition coefficient (Wildman–Crippen LogP) is 1.36. The smallest absolute Gasteiger partial charge is 0.324 e. The Morgan fingerprint density at radius 1 is 1.47 bits per heavy atom. The van der Waals surface area contributed by atoms with E-state index in [1.54, 1.807) is 18.3 Å². The number of aromatic nitrogens is 3. The number of nitrogens with zero attached hydrogens (tertiary/aromatic N) is 3. The highest BCUT2D eigenvalue weighted by Gasteiger charge is 2.17. The second-order valence-electron chi connectivity index (χ2n) is 3.91. The fourth-order valence-corrected chi connectivity index (χ4v) is 2.39. The van der Waals surface area contributed by atoms with Gasteiger partial charge in [-0.25, -0.2) is 9.50 Å². The van der Waals surface area contributed by atoms with E-state index in [0.717, 1.165) is 18.5 Å². The first kappa shape index (κ1) is 12.2. The lowest BCUT2D eigenvalue weighted by atomic mass is 10.2. The molecule has 0 bridgehead atoms. The first-order valence-corrected chi connectivity index (χ1v) is 7.16. The summed E-state index contributed by atoms with van der Waals surface area (Å²) in [5, 5.41) is 4.01. The summed E-state index contributed by atoms with van der Waals surface area (Å²) in [6.45, 7) is 2.03. The maximum absolute atomic E-state index is 11.1. The number of rotatable bonds is 4. The molecule has 2 aromatic heterocycles. The lowest BCUT2D eigenvalue weighted by molar-refractivity contribution is 0.370. The second kappa shape index (κ2) is 4.56. The van der Waals surface area contributed by atoms with Gasteiger partial charge >= 0.3 is 7.60 Å². The van der Waals surface area contributed by atoms with Crippen LogP contribution in [0.1, 0.15) is 24.7 Å². The highest BCUT2D eigenvalue weighted by Crippen LogP contribution is 2.39. The number of fused-ring (bicyclic) bond motifs is 1. The fraction of sp³-hybridized carbons (Fsp3) is 0.400. The van der Waals surface area contributed by atoms with Gasteiger partial charge in [0.1, 0.15) is 0 Å². The molecule has 0 radical (unpaired) electrons. The van der Waals surface area contributed by atoms with Crippen LogP contribution >= 0.6 is 7.60 Å². The van der Waals surface area contributed by atoms with E-state index in [4.69, 9.17) is 9.79 Å². The average molecular weight is 255 g/mol. The van der Waals surface area contributed by atoms with Crippen molar-refractivity contribution in [2.45, 2.75) is 25.9 Å². The van der Waals surface area contributed by atoms with Gasteiger partial charge in [-0.05, 0) is 12.5 Å². The summed E-state index contributed by atoms with van der Waals surface area (Å²) >= 11 is 0. The van der Waals surface area contributed by atoms with Gasteiger partial charge in [-0.3, -0.25) is 4.57 Å². The molecule has 92 valence electrons. The molecule has 0 aliphatic heterocycles. The van der Waals surface area contributed by atoms with Gasteiger partial charge in [0, 0.05) is 11.8 Å². The summed E-state index contributed by atoms with van der Waals surface area (Å²) in [5.41, 5.74) is 1.96. The molecule has 0 fully saturated rings. The Morgan fingerprint density at radius 3 is 2.88 bits per heavy atom. The Labute approximate surface area is 98.5 Å². The molecule has 0 amide bonds. The SMILES string of the molecule is CCCc1cc(CP(=O)(O)O)n2nccc2n1. The topological polar surface area (TPSA) is 87.7 Å². The van der Waals surface area contributed by atoms with Gasteiger partial charge < -0.3 is 9.79 Å². The molecule has 0 saturated carbocycles. The molecule has 2 N–H and O–H groups in total. The van der Waals surface area contributed by atoms with Crippen LogP contribution in [-0.2, 0) is 17.1 Å². The van der Waals surface area contributed by atoms with Gasteiger partial charge in [-0.1, -0.05) is 13.3 Å². The van der Waals surface area contributed by atoms with E-state index < -0.39 is 7.60 Å². The number of aryl methyl sites for hydroxylation is 1. The maximum atomic E-state index is 11.1. The highest BCUT2D eigenvalue weighted by molar-refractivity contribution is 7.50. The van der Waals surface area contributed by atoms with Crippen molar-refractivity contribution in [2.75, 3.05) is 0 Å². The molecule has 0 spiro atoms. The van der Waals surface area contributed by atoms with Crippen molar-refractivity contribution >= 4 is 13.2 Å². The van der Waals surface area contributed by atoms with Crippen LogP contribution in [0, 0.1) is 0 Å². The van der Waals surface area contributed by atoms with E-state index in [9.17, 15) is 4.57 Å². The predicted molar refractivity (Wildman–Crippen MR) is 62.7 cm³/mol. The molecule has 0 aliphatic carbocycles. The maximum Gasteiger partial charge on any atom is 0.331 e. The molecule has 0 saturated heterocycles. The van der Waals surface area contributed by atoms with Crippen LogP contribution in [0.5, 0.6) is 0 Å². The quantitative estimate of drug-likeness (QED) is 0.805. The van der Waals surface area contributed by atoms with E-state index in [-0.39, 0.29) is 6.16 Å². The van der Waals surface area contributed by atoms with Crippen molar-refractivity contribution in [2.24, 2.45) is 0 Å². The van der Waals surface area contributed by atoms with E-state index in [0.29, 0.717) is 11.3 Å². The Hall–Kier alpha value is -1.23. The summed E-state index contributed by atoms with van der Waals surface area (Å²) in [4.78, 5) is 22.4. The van der Waals surface area contributed by atoms with Crippen LogP contribution in [0.2, 0.25) is 0 Å². The van der Waals surface area contributed by atoms with E-state index >= 15 is 0 Å². The lowest BCUT2D eigenvalue weighted by Gasteiger charge is -2.08. The van der Waals surface area contributed by atoms with Gasteiger partial charge in [0.2, 0.25) is 0 Å². The van der Waals surface area contributed by atoms with Crippen LogP contribution < -0.4 is 0 Å². The van der Waals surface area contributed by atoms with Gasteiger partial charge in [-0.15, -0.1) is 0 Å². The molecule has 0 atom stereocenters. The summed E-state index contributed by atoms with van der Waals surface area (Å²) in [6.07, 6.45) is 2.98. The molecule has 0 aromatic carbocycles. The largest absolute Gasteiger partial charge is 0.331 e. The zero-order valence-electron chi connectivity index (χ0n) is 9.44. The minimum atomic E-state index is -4.09. The standard InChI is InChI=1S/C10H14N3O3P/c1-2-3-8-6-9(7-17(14,15)16)13-10(12-8)4-5-11-13/h4-6H,2-3,7H2,1H3,(H2,14,15,16). The average Bonchev–Trinajstić information content (AvgIpc) is 2.63. The van der Waals surface area contributed by atoms with E-state index in [1.807, 2.05) is 6.92 Å². The van der Waals surface area contributed by atoms with Crippen molar-refractivity contribution in [1.29, 1.82) is 0 Å². The number of hydrogen-bond donors (Lipinski definition) is 2. The Balaban J connectivity index is 2.50. The van der Waals surface area contributed by atoms with Crippen LogP contribution in [0.25, 0.3) is 5.65 Å². The van der Waals surface area contributed by atoms with E-state index in [1.165, 1.54) is 4.52 Å². The van der Waals surface area contributed by atoms with Crippen molar-refractivity contribution in [1.82, 2.24) is 14.6 Å². The summed E-state index contributed by atoms with van der Waals surface area (Å²) in [7, 11) is -4.09. The normalized spacial score (nSPS) is 12.2. The third-order valence-corrected chi connectivity index (χ3v) is 3.10. The van der Waals surface area contributed by atoms with Gasteiger partial charge in [0.15, 0.2) is 5.65 Å². The monoisotopic (exact) mass is 255 g/mol. The minimum Gasteiger partial charge on any atom is -0.324 e. The van der Waals surface area contributed by atoms with Gasteiger partial charge in [0.25, 0.3) is 0 Å². The fourth-order valence-electron chi connectivity index (χ4n) is 1.74.